The van der Waals surface area contributed by atoms with Crippen LogP contribution in [0, 0.1) is 0 Å². The molecule has 4 rings (SSSR count). The summed E-state index contributed by atoms with van der Waals surface area (Å²) in [5, 5.41) is 3.13. The number of aromatic nitrogens is 1. The smallest absolute Gasteiger partial charge is 0.263 e. The van der Waals surface area contributed by atoms with Crippen LogP contribution in [0.2, 0.25) is 5.02 Å². The molecule has 3 aromatic carbocycles. The third kappa shape index (κ3) is 2.25. The minimum atomic E-state index is -0.0643. The van der Waals surface area contributed by atoms with Crippen molar-refractivity contribution in [1.29, 1.82) is 0 Å². The average Bonchev–Trinajstić information content (AvgIpc) is 2.62. The van der Waals surface area contributed by atoms with Crippen LogP contribution >= 0.6 is 11.6 Å². The van der Waals surface area contributed by atoms with E-state index >= 15 is 0 Å². The van der Waals surface area contributed by atoms with Gasteiger partial charge in [-0.2, -0.15) is 0 Å². The molecule has 4 aromatic rings. The van der Waals surface area contributed by atoms with E-state index in [2.05, 4.69) is 0 Å². The Hall–Kier alpha value is -2.78. The fourth-order valence-corrected chi connectivity index (χ4v) is 3.21. The lowest BCUT2D eigenvalue weighted by Crippen LogP contribution is -2.19. The number of nitrogens with zero attached hydrogens (tertiary/aromatic N) is 1. The van der Waals surface area contributed by atoms with E-state index in [1.165, 1.54) is 0 Å². The summed E-state index contributed by atoms with van der Waals surface area (Å²) in [6, 6.07) is 20.7. The van der Waals surface area contributed by atoms with Gasteiger partial charge in [0.1, 0.15) is 5.75 Å². The standard InChI is InChI=1S/C20H14ClNO2/c1-24-15-9-7-14(8-10-15)22-19-5-3-2-4-16(19)18-12-13(21)6-11-17(18)20(22)23/h2-12H,1H3. The maximum absolute atomic E-state index is 13.1. The van der Waals surface area contributed by atoms with E-state index < -0.39 is 0 Å². The molecule has 0 unspecified atom stereocenters. The highest BCUT2D eigenvalue weighted by atomic mass is 35.5. The first-order chi connectivity index (χ1) is 11.7. The number of rotatable bonds is 2. The predicted molar refractivity (Wildman–Crippen MR) is 98.6 cm³/mol. The van der Waals surface area contributed by atoms with Crippen LogP contribution in [0.4, 0.5) is 0 Å². The maximum atomic E-state index is 13.1. The summed E-state index contributed by atoms with van der Waals surface area (Å²) in [6.07, 6.45) is 0. The molecule has 0 saturated carbocycles. The zero-order valence-corrected chi connectivity index (χ0v) is 13.7. The number of ether oxygens (including phenoxy) is 1. The maximum Gasteiger partial charge on any atom is 0.263 e. The Morgan fingerprint density at radius 2 is 1.62 bits per heavy atom. The molecular weight excluding hydrogens is 322 g/mol. The highest BCUT2D eigenvalue weighted by molar-refractivity contribution is 6.31. The van der Waals surface area contributed by atoms with E-state index in [1.54, 1.807) is 23.8 Å². The van der Waals surface area contributed by atoms with Crippen molar-refractivity contribution in [3.05, 3.63) is 82.1 Å². The monoisotopic (exact) mass is 335 g/mol. The van der Waals surface area contributed by atoms with Gasteiger partial charge in [0.05, 0.1) is 12.6 Å². The molecule has 3 nitrogen and oxygen atoms in total. The Bertz CT molecular complexity index is 1110. The zero-order chi connectivity index (χ0) is 16.7. The minimum absolute atomic E-state index is 0.0643. The second-order valence-corrected chi connectivity index (χ2v) is 5.98. The number of methoxy groups -OCH3 is 1. The Balaban J connectivity index is 2.15. The molecule has 0 N–H and O–H groups in total. The molecule has 0 fully saturated rings. The fourth-order valence-electron chi connectivity index (χ4n) is 3.04. The van der Waals surface area contributed by atoms with Gasteiger partial charge in [-0.3, -0.25) is 9.36 Å². The number of halogens is 1. The molecule has 0 aliphatic carbocycles. The predicted octanol–water partition coefficient (Wildman–Crippen LogP) is 4.81. The molecule has 0 atom stereocenters. The molecule has 0 radical (unpaired) electrons. The number of pyridine rings is 1. The van der Waals surface area contributed by atoms with Crippen molar-refractivity contribution in [3.8, 4) is 11.4 Å². The molecular formula is C20H14ClNO2. The minimum Gasteiger partial charge on any atom is -0.497 e. The van der Waals surface area contributed by atoms with Gasteiger partial charge in [-0.05, 0) is 53.9 Å². The van der Waals surface area contributed by atoms with Crippen molar-refractivity contribution in [1.82, 2.24) is 4.57 Å². The highest BCUT2D eigenvalue weighted by Crippen LogP contribution is 2.27. The van der Waals surface area contributed by atoms with Gasteiger partial charge in [-0.25, -0.2) is 0 Å². The quantitative estimate of drug-likeness (QED) is 0.492. The Morgan fingerprint density at radius 3 is 2.38 bits per heavy atom. The third-order valence-electron chi connectivity index (χ3n) is 4.18. The molecule has 118 valence electrons. The molecule has 0 amide bonds. The van der Waals surface area contributed by atoms with Crippen molar-refractivity contribution in [2.45, 2.75) is 0 Å². The molecule has 1 aromatic heterocycles. The van der Waals surface area contributed by atoms with Crippen molar-refractivity contribution < 1.29 is 4.74 Å². The molecule has 0 aliphatic rings. The van der Waals surface area contributed by atoms with Crippen molar-refractivity contribution >= 4 is 33.3 Å². The van der Waals surface area contributed by atoms with Gasteiger partial charge >= 0.3 is 0 Å². The SMILES string of the molecule is COc1ccc(-n2c(=O)c3ccc(Cl)cc3c3ccccc32)cc1. The Labute approximate surface area is 143 Å². The molecule has 0 saturated heterocycles. The Kier molecular flexibility index (Phi) is 3.51. The van der Waals surface area contributed by atoms with Gasteiger partial charge in [0, 0.05) is 21.5 Å². The van der Waals surface area contributed by atoms with E-state index in [0.717, 1.165) is 27.7 Å². The number of fused-ring (bicyclic) bond motifs is 3. The van der Waals surface area contributed by atoms with Crippen LogP contribution in [0.25, 0.3) is 27.4 Å². The van der Waals surface area contributed by atoms with Gasteiger partial charge in [0.2, 0.25) is 0 Å². The van der Waals surface area contributed by atoms with Gasteiger partial charge in [-0.1, -0.05) is 29.8 Å². The molecule has 1 heterocycles. The molecule has 24 heavy (non-hydrogen) atoms. The topological polar surface area (TPSA) is 31.2 Å². The first-order valence-corrected chi connectivity index (χ1v) is 7.94. The Morgan fingerprint density at radius 1 is 0.875 bits per heavy atom. The van der Waals surface area contributed by atoms with E-state index in [9.17, 15) is 4.79 Å². The lowest BCUT2D eigenvalue weighted by atomic mass is 10.1. The largest absolute Gasteiger partial charge is 0.497 e. The summed E-state index contributed by atoms with van der Waals surface area (Å²) >= 11 is 6.14. The number of hydrogen-bond acceptors (Lipinski definition) is 2. The first-order valence-electron chi connectivity index (χ1n) is 7.56. The van der Waals surface area contributed by atoms with E-state index in [-0.39, 0.29) is 5.56 Å². The van der Waals surface area contributed by atoms with Crippen LogP contribution in [0.15, 0.2) is 71.5 Å². The lowest BCUT2D eigenvalue weighted by Gasteiger charge is -2.14. The van der Waals surface area contributed by atoms with Crippen molar-refractivity contribution in [3.63, 3.8) is 0 Å². The number of hydrogen-bond donors (Lipinski definition) is 0. The summed E-state index contributed by atoms with van der Waals surface area (Å²) in [7, 11) is 1.62. The van der Waals surface area contributed by atoms with Crippen LogP contribution in [0.1, 0.15) is 0 Å². The average molecular weight is 336 g/mol. The molecule has 0 bridgehead atoms. The molecule has 0 spiro atoms. The fraction of sp³-hybridized carbons (Fsp3) is 0.0500. The summed E-state index contributed by atoms with van der Waals surface area (Å²) in [5.41, 5.74) is 1.59. The van der Waals surface area contributed by atoms with Gasteiger partial charge in [0.15, 0.2) is 0 Å². The van der Waals surface area contributed by atoms with Crippen LogP contribution in [0.5, 0.6) is 5.75 Å². The van der Waals surface area contributed by atoms with Gasteiger partial charge in [-0.15, -0.1) is 0 Å². The normalized spacial score (nSPS) is 11.1. The van der Waals surface area contributed by atoms with Crippen molar-refractivity contribution in [2.75, 3.05) is 7.11 Å². The van der Waals surface area contributed by atoms with Crippen LogP contribution in [-0.4, -0.2) is 11.7 Å². The van der Waals surface area contributed by atoms with Crippen molar-refractivity contribution in [2.24, 2.45) is 0 Å². The summed E-state index contributed by atoms with van der Waals surface area (Å²) < 4.78 is 6.93. The summed E-state index contributed by atoms with van der Waals surface area (Å²) in [5.74, 6) is 0.753. The molecule has 4 heteroatoms. The zero-order valence-electron chi connectivity index (χ0n) is 13.0. The van der Waals surface area contributed by atoms with E-state index in [0.29, 0.717) is 10.4 Å². The van der Waals surface area contributed by atoms with Gasteiger partial charge < -0.3 is 4.74 Å². The van der Waals surface area contributed by atoms with E-state index in [4.69, 9.17) is 16.3 Å². The summed E-state index contributed by atoms with van der Waals surface area (Å²) in [6.45, 7) is 0. The second kappa shape index (κ2) is 5.69. The van der Waals surface area contributed by atoms with Crippen LogP contribution in [-0.2, 0) is 0 Å². The number of benzene rings is 3. The third-order valence-corrected chi connectivity index (χ3v) is 4.42. The summed E-state index contributed by atoms with van der Waals surface area (Å²) in [4.78, 5) is 13.1. The highest BCUT2D eigenvalue weighted by Gasteiger charge is 2.12. The van der Waals surface area contributed by atoms with Crippen LogP contribution in [0.3, 0.4) is 0 Å². The van der Waals surface area contributed by atoms with Crippen LogP contribution < -0.4 is 10.3 Å². The number of para-hydroxylation sites is 1. The van der Waals surface area contributed by atoms with Gasteiger partial charge in [0.25, 0.3) is 5.56 Å². The lowest BCUT2D eigenvalue weighted by molar-refractivity contribution is 0.415. The second-order valence-electron chi connectivity index (χ2n) is 5.55. The van der Waals surface area contributed by atoms with E-state index in [1.807, 2.05) is 54.6 Å². The first kappa shape index (κ1) is 14.8. The molecule has 0 aliphatic heterocycles.